The van der Waals surface area contributed by atoms with Crippen molar-refractivity contribution in [2.45, 2.75) is 38.3 Å². The molecule has 3 aliphatic rings. The van der Waals surface area contributed by atoms with Gasteiger partial charge >= 0.3 is 0 Å². The van der Waals surface area contributed by atoms with Crippen molar-refractivity contribution in [1.29, 1.82) is 0 Å². The Balaban J connectivity index is 1.48. The van der Waals surface area contributed by atoms with Gasteiger partial charge in [-0.05, 0) is 47.2 Å². The van der Waals surface area contributed by atoms with E-state index in [2.05, 4.69) is 13.8 Å². The van der Waals surface area contributed by atoms with Crippen LogP contribution in [0.2, 0.25) is 5.02 Å². The smallest absolute Gasteiger partial charge is 0.185 e. The van der Waals surface area contributed by atoms with Crippen molar-refractivity contribution in [2.75, 3.05) is 4.90 Å². The van der Waals surface area contributed by atoms with Gasteiger partial charge in [0.2, 0.25) is 0 Å². The number of halogens is 1. The average molecular weight is 572 g/mol. The third-order valence-electron chi connectivity index (χ3n) is 9.09. The first kappa shape index (κ1) is 26.6. The second kappa shape index (κ2) is 9.92. The van der Waals surface area contributed by atoms with Gasteiger partial charge in [0.25, 0.3) is 0 Å². The number of fused-ring (bicyclic) bond motifs is 5. The van der Waals surface area contributed by atoms with E-state index in [0.717, 1.165) is 23.2 Å². The molecule has 4 nitrogen and oxygen atoms in total. The third kappa shape index (κ3) is 3.78. The topological polar surface area (TPSA) is 54.5 Å². The molecule has 0 bridgehead atoms. The molecular weight excluding hydrogens is 542 g/mol. The van der Waals surface area contributed by atoms with E-state index in [4.69, 9.17) is 11.6 Å². The lowest BCUT2D eigenvalue weighted by atomic mass is 9.64. The fourth-order valence-corrected chi connectivity index (χ4v) is 7.53. The van der Waals surface area contributed by atoms with Crippen LogP contribution < -0.4 is 4.90 Å². The molecule has 0 saturated carbocycles. The number of hydrogen-bond donors (Lipinski definition) is 0. The first-order valence-corrected chi connectivity index (χ1v) is 14.8. The number of nitrogens with zero attached hydrogens (tertiary/aromatic N) is 1. The van der Waals surface area contributed by atoms with Gasteiger partial charge in [-0.3, -0.25) is 14.4 Å². The van der Waals surface area contributed by atoms with Crippen LogP contribution in [-0.4, -0.2) is 29.4 Å². The van der Waals surface area contributed by atoms with Gasteiger partial charge in [-0.25, -0.2) is 0 Å². The number of hydrogen-bond acceptors (Lipinski definition) is 4. The van der Waals surface area contributed by atoms with Gasteiger partial charge < -0.3 is 4.90 Å². The summed E-state index contributed by atoms with van der Waals surface area (Å²) in [5.74, 6) is -0.830. The molecule has 0 aromatic heterocycles. The number of para-hydroxylation sites is 1. The molecule has 7 rings (SSSR count). The third-order valence-corrected chi connectivity index (χ3v) is 9.35. The first-order valence-electron chi connectivity index (χ1n) is 14.4. The quantitative estimate of drug-likeness (QED) is 0.181. The molecule has 1 aliphatic carbocycles. The normalized spacial score (nSPS) is 21.5. The Labute approximate surface area is 250 Å². The van der Waals surface area contributed by atoms with Gasteiger partial charge in [0.1, 0.15) is 11.5 Å². The molecule has 1 fully saturated rings. The molecule has 2 heterocycles. The van der Waals surface area contributed by atoms with E-state index in [1.165, 1.54) is 5.56 Å². The fourth-order valence-electron chi connectivity index (χ4n) is 7.41. The second-order valence-corrected chi connectivity index (χ2v) is 12.4. The second-order valence-electron chi connectivity index (χ2n) is 12.0. The van der Waals surface area contributed by atoms with Crippen molar-refractivity contribution >= 4 is 40.7 Å². The van der Waals surface area contributed by atoms with Crippen LogP contribution in [0.25, 0.3) is 6.08 Å². The number of carbonyl (C=O) groups is 3. The molecule has 42 heavy (non-hydrogen) atoms. The van der Waals surface area contributed by atoms with Crippen LogP contribution in [0.3, 0.4) is 0 Å². The molecule has 1 spiro atoms. The van der Waals surface area contributed by atoms with Crippen LogP contribution in [-0.2, 0) is 6.42 Å². The summed E-state index contributed by atoms with van der Waals surface area (Å²) in [4.78, 5) is 46.2. The summed E-state index contributed by atoms with van der Waals surface area (Å²) in [6, 6.07) is 28.5. The highest BCUT2D eigenvalue weighted by atomic mass is 35.5. The largest absolute Gasteiger partial charge is 0.352 e. The van der Waals surface area contributed by atoms with E-state index in [1.807, 2.05) is 77.7 Å². The van der Waals surface area contributed by atoms with Crippen LogP contribution in [0, 0.1) is 11.3 Å². The van der Waals surface area contributed by atoms with Crippen LogP contribution in [0.4, 0.5) is 5.69 Å². The molecular formula is C37H30ClNO3. The van der Waals surface area contributed by atoms with E-state index < -0.39 is 23.4 Å². The number of ketones is 3. The minimum absolute atomic E-state index is 0.116. The fraction of sp³-hybridized carbons (Fsp3) is 0.216. The highest BCUT2D eigenvalue weighted by molar-refractivity contribution is 6.32. The highest BCUT2D eigenvalue weighted by Crippen LogP contribution is 2.61. The van der Waals surface area contributed by atoms with Crippen LogP contribution in [0.15, 0.2) is 103 Å². The van der Waals surface area contributed by atoms with E-state index in [9.17, 15) is 14.4 Å². The maximum absolute atomic E-state index is 14.8. The minimum Gasteiger partial charge on any atom is -0.352 e. The zero-order valence-corrected chi connectivity index (χ0v) is 24.2. The zero-order chi connectivity index (χ0) is 29.2. The number of carbonyl (C=O) groups excluding carboxylic acids is 3. The molecule has 4 aromatic carbocycles. The van der Waals surface area contributed by atoms with E-state index in [1.54, 1.807) is 36.4 Å². The van der Waals surface area contributed by atoms with Gasteiger partial charge in [-0.15, -0.1) is 0 Å². The Hall–Kier alpha value is -4.28. The lowest BCUT2D eigenvalue weighted by Gasteiger charge is -2.37. The Morgan fingerprint density at radius 2 is 1.45 bits per heavy atom. The van der Waals surface area contributed by atoms with Gasteiger partial charge in [0.15, 0.2) is 17.3 Å². The van der Waals surface area contributed by atoms with E-state index in [0.29, 0.717) is 27.6 Å². The van der Waals surface area contributed by atoms with Crippen molar-refractivity contribution in [3.05, 3.63) is 142 Å². The van der Waals surface area contributed by atoms with E-state index >= 15 is 0 Å². The lowest BCUT2D eigenvalue weighted by molar-refractivity contribution is 0.0666. The maximum Gasteiger partial charge on any atom is 0.185 e. The molecule has 2 aliphatic heterocycles. The summed E-state index contributed by atoms with van der Waals surface area (Å²) in [5.41, 5.74) is 3.57. The van der Waals surface area contributed by atoms with Gasteiger partial charge in [-0.2, -0.15) is 0 Å². The van der Waals surface area contributed by atoms with Crippen LogP contribution in [0.5, 0.6) is 0 Å². The average Bonchev–Trinajstić information content (AvgIpc) is 3.43. The summed E-state index contributed by atoms with van der Waals surface area (Å²) in [6.45, 7) is 4.34. The Kier molecular flexibility index (Phi) is 6.29. The summed E-state index contributed by atoms with van der Waals surface area (Å²) in [5, 5.41) is 0.546. The van der Waals surface area contributed by atoms with Crippen molar-refractivity contribution < 1.29 is 14.4 Å². The number of anilines is 1. The van der Waals surface area contributed by atoms with Crippen LogP contribution >= 0.6 is 11.6 Å². The van der Waals surface area contributed by atoms with Crippen LogP contribution in [0.1, 0.15) is 67.5 Å². The lowest BCUT2D eigenvalue weighted by Crippen LogP contribution is -2.48. The summed E-state index contributed by atoms with van der Waals surface area (Å²) in [6.07, 6.45) is 4.85. The molecule has 208 valence electrons. The molecule has 1 saturated heterocycles. The van der Waals surface area contributed by atoms with Crippen molar-refractivity contribution in [2.24, 2.45) is 11.3 Å². The summed E-state index contributed by atoms with van der Waals surface area (Å²) in [7, 11) is 0. The van der Waals surface area contributed by atoms with Gasteiger partial charge in [-0.1, -0.05) is 116 Å². The molecule has 0 unspecified atom stereocenters. The Morgan fingerprint density at radius 3 is 2.10 bits per heavy atom. The monoisotopic (exact) mass is 571 g/mol. The standard InChI is InChI=1S/C37H30ClNO3/c1-22(2)21-23-11-13-26(14-12-23)34(40)33-32(25-15-18-27(38)19-16-25)37(35(41)28-8-4-5-9-29(28)36(37)42)31-20-17-24-7-3-6-10-30(24)39(31)33/h3-20,22,31-33H,21H2,1-2H3/t31-,32-,33-/m1/s1. The van der Waals surface area contributed by atoms with Crippen molar-refractivity contribution in [1.82, 2.24) is 0 Å². The number of rotatable bonds is 5. The zero-order valence-electron chi connectivity index (χ0n) is 23.5. The molecule has 0 N–H and O–H groups in total. The molecule has 0 amide bonds. The molecule has 4 aromatic rings. The first-order chi connectivity index (χ1) is 20.3. The minimum atomic E-state index is -1.51. The summed E-state index contributed by atoms with van der Waals surface area (Å²) < 4.78 is 0. The summed E-state index contributed by atoms with van der Waals surface area (Å²) >= 11 is 6.31. The van der Waals surface area contributed by atoms with Gasteiger partial charge in [0, 0.05) is 33.3 Å². The van der Waals surface area contributed by atoms with Gasteiger partial charge in [0.05, 0.1) is 6.04 Å². The number of Topliss-reactive ketones (excluding diaryl/α,β-unsaturated/α-hetero) is 3. The van der Waals surface area contributed by atoms with Crippen molar-refractivity contribution in [3.8, 4) is 0 Å². The predicted octanol–water partition coefficient (Wildman–Crippen LogP) is 7.85. The highest BCUT2D eigenvalue weighted by Gasteiger charge is 2.71. The Morgan fingerprint density at radius 1 is 0.833 bits per heavy atom. The SMILES string of the molecule is CC(C)Cc1ccc(C(=O)[C@H]2[C@@H](c3ccc(Cl)cc3)C3(C(=O)c4ccccc4C3=O)[C@H]3C=Cc4ccccc4N23)cc1. The molecule has 5 heteroatoms. The van der Waals surface area contributed by atoms with E-state index in [-0.39, 0.29) is 17.3 Å². The molecule has 0 radical (unpaired) electrons. The maximum atomic E-state index is 14.8. The number of benzene rings is 4. The molecule has 3 atom stereocenters. The van der Waals surface area contributed by atoms with Crippen molar-refractivity contribution in [3.63, 3.8) is 0 Å². The predicted molar refractivity (Wildman–Crippen MR) is 167 cm³/mol. The Bertz CT molecular complexity index is 1730.